The first-order valence-electron chi connectivity index (χ1n) is 6.15. The lowest BCUT2D eigenvalue weighted by Crippen LogP contribution is -2.00. The van der Waals surface area contributed by atoms with Crippen molar-refractivity contribution < 1.29 is 18.4 Å². The van der Waals surface area contributed by atoms with Gasteiger partial charge in [-0.25, -0.2) is 4.39 Å². The van der Waals surface area contributed by atoms with Gasteiger partial charge in [-0.3, -0.25) is 10.1 Å². The van der Waals surface area contributed by atoms with Crippen LogP contribution >= 0.6 is 0 Å². The second-order valence-electron chi connectivity index (χ2n) is 4.10. The van der Waals surface area contributed by atoms with Crippen molar-refractivity contribution in [2.24, 2.45) is 0 Å². The summed E-state index contributed by atoms with van der Waals surface area (Å²) in [6, 6.07) is 7.67. The van der Waals surface area contributed by atoms with Gasteiger partial charge >= 0.3 is 5.69 Å². The van der Waals surface area contributed by atoms with Crippen LogP contribution in [0.25, 0.3) is 0 Å². The Morgan fingerprint density at radius 2 is 2.00 bits per heavy atom. The second kappa shape index (κ2) is 6.17. The maximum absolute atomic E-state index is 13.7. The minimum atomic E-state index is -0.962. The highest BCUT2D eigenvalue weighted by Crippen LogP contribution is 2.31. The Labute approximate surface area is 119 Å². The number of anilines is 2. The van der Waals surface area contributed by atoms with E-state index in [-0.39, 0.29) is 17.1 Å². The third-order valence-corrected chi connectivity index (χ3v) is 2.68. The monoisotopic (exact) mass is 294 g/mol. The Kier molecular flexibility index (Phi) is 4.32. The Balaban J connectivity index is 2.33. The number of ether oxygens (including phenoxy) is 1. The van der Waals surface area contributed by atoms with E-state index in [9.17, 15) is 18.9 Å². The molecule has 0 saturated carbocycles. The molecule has 0 atom stereocenters. The zero-order valence-electron chi connectivity index (χ0n) is 11.1. The van der Waals surface area contributed by atoms with E-state index in [0.29, 0.717) is 6.61 Å². The van der Waals surface area contributed by atoms with Crippen LogP contribution in [0.3, 0.4) is 0 Å². The first-order chi connectivity index (χ1) is 10.0. The summed E-state index contributed by atoms with van der Waals surface area (Å²) in [5.41, 5.74) is -0.486. The number of benzene rings is 2. The summed E-state index contributed by atoms with van der Waals surface area (Å²) < 4.78 is 32.2. The minimum Gasteiger partial charge on any atom is -0.491 e. The number of hydrogen-bond donors (Lipinski definition) is 1. The van der Waals surface area contributed by atoms with Crippen molar-refractivity contribution in [2.45, 2.75) is 6.92 Å². The molecule has 0 aliphatic carbocycles. The second-order valence-corrected chi connectivity index (χ2v) is 4.10. The van der Waals surface area contributed by atoms with Gasteiger partial charge in [0.05, 0.1) is 11.5 Å². The van der Waals surface area contributed by atoms with Crippen molar-refractivity contribution in [1.82, 2.24) is 0 Å². The van der Waals surface area contributed by atoms with Gasteiger partial charge in [0.25, 0.3) is 0 Å². The molecule has 0 aromatic heterocycles. The van der Waals surface area contributed by atoms with E-state index in [2.05, 4.69) is 5.32 Å². The van der Waals surface area contributed by atoms with Gasteiger partial charge in [-0.2, -0.15) is 4.39 Å². The molecule has 0 aliphatic heterocycles. The van der Waals surface area contributed by atoms with Crippen LogP contribution in [0, 0.1) is 21.7 Å². The van der Waals surface area contributed by atoms with Gasteiger partial charge in [-0.05, 0) is 31.2 Å². The Morgan fingerprint density at radius 1 is 1.24 bits per heavy atom. The van der Waals surface area contributed by atoms with E-state index >= 15 is 0 Å². The van der Waals surface area contributed by atoms with Crippen molar-refractivity contribution in [3.05, 3.63) is 58.1 Å². The lowest BCUT2D eigenvalue weighted by molar-refractivity contribution is -0.386. The summed E-state index contributed by atoms with van der Waals surface area (Å²) in [5, 5.41) is 13.5. The molecule has 1 N–H and O–H groups in total. The molecule has 0 spiro atoms. The minimum absolute atomic E-state index is 0.0523. The molecule has 2 rings (SSSR count). The summed E-state index contributed by atoms with van der Waals surface area (Å²) in [7, 11) is 0. The topological polar surface area (TPSA) is 64.4 Å². The maximum Gasteiger partial charge on any atom is 0.327 e. The molecule has 7 heteroatoms. The quantitative estimate of drug-likeness (QED) is 0.668. The molecule has 0 radical (unpaired) electrons. The molecule has 5 nitrogen and oxygen atoms in total. The fourth-order valence-corrected chi connectivity index (χ4v) is 1.81. The van der Waals surface area contributed by atoms with Gasteiger partial charge in [0, 0.05) is 11.8 Å². The zero-order valence-corrected chi connectivity index (χ0v) is 11.1. The van der Waals surface area contributed by atoms with Crippen LogP contribution in [0.1, 0.15) is 6.92 Å². The lowest BCUT2D eigenvalue weighted by atomic mass is 10.2. The zero-order chi connectivity index (χ0) is 15.4. The number of nitro groups is 1. The smallest absolute Gasteiger partial charge is 0.327 e. The average Bonchev–Trinajstić information content (AvgIpc) is 2.41. The van der Waals surface area contributed by atoms with Crippen LogP contribution in [0.4, 0.5) is 25.8 Å². The van der Waals surface area contributed by atoms with Crippen molar-refractivity contribution in [3.63, 3.8) is 0 Å². The standard InChI is InChI=1S/C14H12F2N2O3/c1-2-21-13-7-6-9(8-11(13)16)17-12-5-3-4-10(15)14(12)18(19)20/h3-8,17H,2H2,1H3. The highest BCUT2D eigenvalue weighted by molar-refractivity contribution is 5.70. The van der Waals surface area contributed by atoms with E-state index in [1.165, 1.54) is 24.3 Å². The van der Waals surface area contributed by atoms with Gasteiger partial charge in [0.1, 0.15) is 5.69 Å². The number of hydrogen-bond acceptors (Lipinski definition) is 4. The highest BCUT2D eigenvalue weighted by atomic mass is 19.1. The molecular formula is C14H12F2N2O3. The largest absolute Gasteiger partial charge is 0.491 e. The van der Waals surface area contributed by atoms with Gasteiger partial charge in [-0.15, -0.1) is 0 Å². The maximum atomic E-state index is 13.7. The molecule has 0 bridgehead atoms. The summed E-state index contributed by atoms with van der Waals surface area (Å²) in [4.78, 5) is 10.0. The molecule has 0 saturated heterocycles. The third kappa shape index (κ3) is 3.25. The predicted octanol–water partition coefficient (Wildman–Crippen LogP) is 4.02. The number of nitrogens with zero attached hydrogens (tertiary/aromatic N) is 1. The van der Waals surface area contributed by atoms with Crippen LogP contribution in [0.2, 0.25) is 0 Å². The summed E-state index contributed by atoms with van der Waals surface area (Å²) in [6.45, 7) is 2.04. The summed E-state index contributed by atoms with van der Waals surface area (Å²) in [6.07, 6.45) is 0. The molecular weight excluding hydrogens is 282 g/mol. The fraction of sp³-hybridized carbons (Fsp3) is 0.143. The molecule has 0 aliphatic rings. The van der Waals surface area contributed by atoms with E-state index in [1.807, 2.05) is 0 Å². The molecule has 110 valence electrons. The van der Waals surface area contributed by atoms with E-state index in [4.69, 9.17) is 4.74 Å². The van der Waals surface area contributed by atoms with Crippen molar-refractivity contribution >= 4 is 17.1 Å². The van der Waals surface area contributed by atoms with Crippen LogP contribution < -0.4 is 10.1 Å². The van der Waals surface area contributed by atoms with Gasteiger partial charge in [0.15, 0.2) is 11.6 Å². The number of para-hydroxylation sites is 1. The number of nitrogens with one attached hydrogen (secondary N) is 1. The Hall–Kier alpha value is -2.70. The van der Waals surface area contributed by atoms with Gasteiger partial charge < -0.3 is 10.1 Å². The number of halogens is 2. The molecule has 0 fully saturated rings. The molecule has 2 aromatic rings. The van der Waals surface area contributed by atoms with E-state index < -0.39 is 22.2 Å². The van der Waals surface area contributed by atoms with Crippen LogP contribution in [-0.4, -0.2) is 11.5 Å². The van der Waals surface area contributed by atoms with Crippen LogP contribution in [0.15, 0.2) is 36.4 Å². The molecule has 21 heavy (non-hydrogen) atoms. The number of rotatable bonds is 5. The van der Waals surface area contributed by atoms with Gasteiger partial charge in [0.2, 0.25) is 5.82 Å². The third-order valence-electron chi connectivity index (χ3n) is 2.68. The fourth-order valence-electron chi connectivity index (χ4n) is 1.81. The average molecular weight is 294 g/mol. The number of nitro benzene ring substituents is 1. The van der Waals surface area contributed by atoms with Crippen LogP contribution in [-0.2, 0) is 0 Å². The summed E-state index contributed by atoms with van der Waals surface area (Å²) in [5.74, 6) is -1.49. The van der Waals surface area contributed by atoms with E-state index in [1.54, 1.807) is 6.92 Å². The normalized spacial score (nSPS) is 10.2. The molecule has 0 amide bonds. The first-order valence-corrected chi connectivity index (χ1v) is 6.15. The molecule has 0 heterocycles. The van der Waals surface area contributed by atoms with Gasteiger partial charge in [-0.1, -0.05) is 6.07 Å². The lowest BCUT2D eigenvalue weighted by Gasteiger charge is -2.09. The Bertz CT molecular complexity index is 677. The Morgan fingerprint density at radius 3 is 2.62 bits per heavy atom. The first kappa shape index (κ1) is 14.7. The predicted molar refractivity (Wildman–Crippen MR) is 73.9 cm³/mol. The van der Waals surface area contributed by atoms with Crippen LogP contribution in [0.5, 0.6) is 5.75 Å². The summed E-state index contributed by atoms with van der Waals surface area (Å²) >= 11 is 0. The van der Waals surface area contributed by atoms with Crippen molar-refractivity contribution in [2.75, 3.05) is 11.9 Å². The SMILES string of the molecule is CCOc1ccc(Nc2cccc(F)c2[N+](=O)[O-])cc1F. The van der Waals surface area contributed by atoms with Crippen molar-refractivity contribution in [3.8, 4) is 5.75 Å². The molecule has 0 unspecified atom stereocenters. The van der Waals surface area contributed by atoms with Crippen molar-refractivity contribution in [1.29, 1.82) is 0 Å². The highest BCUT2D eigenvalue weighted by Gasteiger charge is 2.20. The molecule has 2 aromatic carbocycles. The van der Waals surface area contributed by atoms with E-state index in [0.717, 1.165) is 12.1 Å².